The Morgan fingerprint density at radius 1 is 0.271 bits per heavy atom. The van der Waals surface area contributed by atoms with Crippen LogP contribution >= 0.6 is 0 Å². The van der Waals surface area contributed by atoms with Crippen molar-refractivity contribution < 1.29 is 16.5 Å². The third kappa shape index (κ3) is 40.7. The van der Waals surface area contributed by atoms with Gasteiger partial charge in [0, 0.05) is 16.5 Å². The Balaban J connectivity index is 0.0000245. The molecule has 0 saturated heterocycles. The summed E-state index contributed by atoms with van der Waals surface area (Å²) in [6.07, 6.45) is 67.0. The van der Waals surface area contributed by atoms with E-state index in [9.17, 15) is 0 Å². The Kier molecular flexibility index (Phi) is 49.4. The predicted octanol–water partition coefficient (Wildman–Crippen LogP) is 24.0. The molecule has 2 aromatic carbocycles. The second-order valence-corrected chi connectivity index (χ2v) is 22.0. The van der Waals surface area contributed by atoms with E-state index in [-0.39, 0.29) is 16.5 Å². The average molecular weight is 1010 g/mol. The number of rotatable bonds is 52. The van der Waals surface area contributed by atoms with E-state index in [0.717, 1.165) is 24.2 Å². The number of hydrogen-bond acceptors (Lipinski definition) is 2. The zero-order chi connectivity index (χ0) is 49.2. The van der Waals surface area contributed by atoms with Crippen LogP contribution in [0.25, 0.3) is 0 Å². The fraction of sp³-hybridized carbons (Fsp3) is 0.791. The van der Waals surface area contributed by atoms with Crippen LogP contribution in [0.4, 0.5) is 11.4 Å². The van der Waals surface area contributed by atoms with Crippen molar-refractivity contribution in [3.63, 3.8) is 0 Å². The maximum absolute atomic E-state index is 5.56. The maximum Gasteiger partial charge on any atom is 0.0636 e. The van der Waals surface area contributed by atoms with Gasteiger partial charge in [-0.1, -0.05) is 315 Å². The second-order valence-electron chi connectivity index (χ2n) is 22.0. The zero-order valence-corrected chi connectivity index (χ0v) is 48.5. The number of benzene rings is 2. The van der Waals surface area contributed by atoms with Gasteiger partial charge in [-0.15, -0.1) is 0 Å². The van der Waals surface area contributed by atoms with Crippen molar-refractivity contribution in [3.05, 3.63) is 59.7 Å². The van der Waals surface area contributed by atoms with Gasteiger partial charge < -0.3 is 0 Å². The van der Waals surface area contributed by atoms with Crippen molar-refractivity contribution >= 4 is 22.8 Å². The summed E-state index contributed by atoms with van der Waals surface area (Å²) in [5.74, 6) is 0. The molecule has 2 aromatic rings. The smallest absolute Gasteiger partial charge is 0.0636 e. The minimum absolute atomic E-state index is 0. The van der Waals surface area contributed by atoms with Gasteiger partial charge in [0.05, 0.1) is 22.8 Å². The third-order valence-corrected chi connectivity index (χ3v) is 15.1. The quantitative estimate of drug-likeness (QED) is 0.0358. The molecule has 2 nitrogen and oxygen atoms in total. The molecule has 3 heteroatoms. The summed E-state index contributed by atoms with van der Waals surface area (Å²) in [5.41, 5.74) is 7.67. The SMILES string of the molecule is CCCCCCCCCCCCCCCCCCCC(=N\c1cccc(CCCCCCCCCCCCCC)c1)/C(CCCCCC)=N/c1cccc(CCCCCCCCCCCCCC)c1.[Ni]. The number of aryl methyl sites for hydroxylation is 2. The summed E-state index contributed by atoms with van der Waals surface area (Å²) in [4.78, 5) is 11.1. The van der Waals surface area contributed by atoms with Crippen molar-refractivity contribution in [1.82, 2.24) is 0 Å². The topological polar surface area (TPSA) is 24.7 Å². The molecular weight excluding hydrogens is 891 g/mol. The van der Waals surface area contributed by atoms with Gasteiger partial charge in [-0.2, -0.15) is 0 Å². The van der Waals surface area contributed by atoms with Crippen LogP contribution in [0.2, 0.25) is 0 Å². The molecule has 0 aliphatic heterocycles. The summed E-state index contributed by atoms with van der Waals surface area (Å²) >= 11 is 0. The average Bonchev–Trinajstić information content (AvgIpc) is 3.36. The van der Waals surface area contributed by atoms with Gasteiger partial charge >= 0.3 is 0 Å². The standard InChI is InChI=1S/C67H118N2.Ni/c1-5-9-13-17-20-23-26-29-30-31-32-33-36-39-42-45-49-59-67(69-65-57-51-55-63(61-65)53-47-44-41-38-35-28-25-22-19-15-11-7-3)66(58-48-16-12-8-4)68-64-56-50-54-62(60-64)52-46-43-40-37-34-27-24-21-18-14-10-6-2;/h50-51,54-57,60-61H,5-49,52-53,58-59H2,1-4H3;/b68-66+,69-67+;. The summed E-state index contributed by atoms with van der Waals surface area (Å²) < 4.78 is 0. The maximum atomic E-state index is 5.56. The molecule has 406 valence electrons. The molecule has 0 aromatic heterocycles. The molecule has 0 atom stereocenters. The second kappa shape index (κ2) is 52.1. The molecule has 0 fully saturated rings. The molecule has 0 aliphatic rings. The fourth-order valence-electron chi connectivity index (χ4n) is 10.5. The van der Waals surface area contributed by atoms with Crippen LogP contribution in [0.3, 0.4) is 0 Å². The van der Waals surface area contributed by atoms with Gasteiger partial charge in [-0.05, 0) is 86.8 Å². The monoisotopic (exact) mass is 1010 g/mol. The van der Waals surface area contributed by atoms with Gasteiger partial charge in [0.25, 0.3) is 0 Å². The Morgan fingerprint density at radius 2 is 0.486 bits per heavy atom. The number of nitrogens with zero attached hydrogens (tertiary/aromatic N) is 2. The zero-order valence-electron chi connectivity index (χ0n) is 47.5. The predicted molar refractivity (Wildman–Crippen MR) is 314 cm³/mol. The van der Waals surface area contributed by atoms with E-state index in [0.29, 0.717) is 0 Å². The first-order valence-electron chi connectivity index (χ1n) is 31.5. The van der Waals surface area contributed by atoms with E-state index in [1.807, 2.05) is 0 Å². The Bertz CT molecular complexity index is 1440. The van der Waals surface area contributed by atoms with Crippen LogP contribution in [-0.2, 0) is 29.3 Å². The number of unbranched alkanes of at least 4 members (excludes halogenated alkanes) is 41. The molecule has 0 unspecified atom stereocenters. The van der Waals surface area contributed by atoms with E-state index in [1.54, 1.807) is 0 Å². The van der Waals surface area contributed by atoms with Crippen molar-refractivity contribution in [2.24, 2.45) is 9.98 Å². The van der Waals surface area contributed by atoms with Crippen molar-refractivity contribution in [2.45, 2.75) is 342 Å². The van der Waals surface area contributed by atoms with Crippen molar-refractivity contribution in [2.75, 3.05) is 0 Å². The van der Waals surface area contributed by atoms with Crippen molar-refractivity contribution in [1.29, 1.82) is 0 Å². The molecule has 0 bridgehead atoms. The van der Waals surface area contributed by atoms with E-state index < -0.39 is 0 Å². The molecule has 0 N–H and O–H groups in total. The van der Waals surface area contributed by atoms with Crippen molar-refractivity contribution in [3.8, 4) is 0 Å². The van der Waals surface area contributed by atoms with Crippen LogP contribution in [0.5, 0.6) is 0 Å². The van der Waals surface area contributed by atoms with E-state index in [2.05, 4.69) is 76.2 Å². The minimum Gasteiger partial charge on any atom is -0.252 e. The summed E-state index contributed by atoms with van der Waals surface area (Å²) in [5, 5.41) is 0. The van der Waals surface area contributed by atoms with E-state index >= 15 is 0 Å². The van der Waals surface area contributed by atoms with Gasteiger partial charge in [0.15, 0.2) is 0 Å². The van der Waals surface area contributed by atoms with Crippen LogP contribution in [-0.4, -0.2) is 11.4 Å². The molecule has 2 rings (SSSR count). The Labute approximate surface area is 448 Å². The first-order chi connectivity index (χ1) is 34.2. The third-order valence-electron chi connectivity index (χ3n) is 15.1. The van der Waals surface area contributed by atoms with Gasteiger partial charge in [0.1, 0.15) is 0 Å². The molecular formula is C67H118N2Ni. The van der Waals surface area contributed by atoms with Crippen LogP contribution < -0.4 is 0 Å². The number of hydrogen-bond donors (Lipinski definition) is 0. The number of aliphatic imine (C=N–C) groups is 2. The molecule has 0 radical (unpaired) electrons. The van der Waals surface area contributed by atoms with Gasteiger partial charge in [0.2, 0.25) is 0 Å². The van der Waals surface area contributed by atoms with Crippen LogP contribution in [0.15, 0.2) is 58.5 Å². The van der Waals surface area contributed by atoms with E-state index in [4.69, 9.17) is 9.98 Å². The van der Waals surface area contributed by atoms with Crippen LogP contribution in [0.1, 0.15) is 341 Å². The Morgan fingerprint density at radius 3 is 0.743 bits per heavy atom. The molecule has 0 saturated carbocycles. The van der Waals surface area contributed by atoms with E-state index in [1.165, 1.54) is 324 Å². The first kappa shape index (κ1) is 66.3. The molecule has 0 aliphatic carbocycles. The van der Waals surface area contributed by atoms with Crippen LogP contribution in [0, 0.1) is 0 Å². The molecule has 0 amide bonds. The Hall–Kier alpha value is -1.73. The normalized spacial score (nSPS) is 12.0. The summed E-state index contributed by atoms with van der Waals surface area (Å²) in [7, 11) is 0. The minimum atomic E-state index is 0. The molecule has 0 heterocycles. The summed E-state index contributed by atoms with van der Waals surface area (Å²) in [6, 6.07) is 18.5. The molecule has 0 spiro atoms. The summed E-state index contributed by atoms with van der Waals surface area (Å²) in [6.45, 7) is 9.26. The largest absolute Gasteiger partial charge is 0.252 e. The van der Waals surface area contributed by atoms with Gasteiger partial charge in [-0.25, -0.2) is 0 Å². The van der Waals surface area contributed by atoms with Gasteiger partial charge in [-0.3, -0.25) is 9.98 Å². The molecule has 70 heavy (non-hydrogen) atoms. The first-order valence-corrected chi connectivity index (χ1v) is 31.5. The fourth-order valence-corrected chi connectivity index (χ4v) is 10.5.